The Balaban J connectivity index is 1.35. The normalized spacial score (nSPS) is 19.3. The summed E-state index contributed by atoms with van der Waals surface area (Å²) in [5.74, 6) is 2.33. The Morgan fingerprint density at radius 3 is 2.36 bits per heavy atom. The van der Waals surface area contributed by atoms with Gasteiger partial charge in [-0.25, -0.2) is 9.97 Å². The largest absolute Gasteiger partial charge is 0.476 e. The highest BCUT2D eigenvalue weighted by molar-refractivity contribution is 8.18. The maximum Gasteiger partial charge on any atom is 0.290 e. The van der Waals surface area contributed by atoms with Gasteiger partial charge in [0.1, 0.15) is 12.4 Å². The van der Waals surface area contributed by atoms with Gasteiger partial charge in [0.15, 0.2) is 0 Å². The molecule has 3 aliphatic rings. The molecule has 0 saturated carbocycles. The minimum absolute atomic E-state index is 0.305. The van der Waals surface area contributed by atoms with Gasteiger partial charge in [0.25, 0.3) is 11.1 Å². The molecule has 208 valence electrons. The standard InChI is InChI=1S/C26H35N9O3S/c1-18-15-21(29-24(27-18)34-7-4-5-8-34)33-9-6-10-35(12-11-33)25-28-19(16-20-23(36)31-26(37)39-20)17-22(30-25)38-14-13-32(2)3/h15-17H,4-14H2,1-3H3,(H,31,36,37)/b20-16-. The van der Waals surface area contributed by atoms with Crippen LogP contribution in [0.5, 0.6) is 5.88 Å². The van der Waals surface area contributed by atoms with Crippen LogP contribution in [0.4, 0.5) is 22.5 Å². The molecule has 0 aromatic carbocycles. The predicted octanol–water partition coefficient (Wildman–Crippen LogP) is 2.16. The molecule has 5 heterocycles. The van der Waals surface area contributed by atoms with Gasteiger partial charge in [0.2, 0.25) is 17.8 Å². The molecule has 0 bridgehead atoms. The van der Waals surface area contributed by atoms with Crippen LogP contribution in [0.3, 0.4) is 0 Å². The van der Waals surface area contributed by atoms with Crippen LogP contribution in [0.25, 0.3) is 6.08 Å². The summed E-state index contributed by atoms with van der Waals surface area (Å²) in [6, 6.07) is 3.76. The summed E-state index contributed by atoms with van der Waals surface area (Å²) in [6.45, 7) is 8.33. The van der Waals surface area contributed by atoms with Crippen molar-refractivity contribution >= 4 is 46.7 Å². The van der Waals surface area contributed by atoms with Crippen LogP contribution in [0.1, 0.15) is 30.7 Å². The fraction of sp³-hybridized carbons (Fsp3) is 0.538. The molecule has 39 heavy (non-hydrogen) atoms. The van der Waals surface area contributed by atoms with E-state index in [1.165, 1.54) is 12.8 Å². The molecule has 3 saturated heterocycles. The molecule has 0 atom stereocenters. The molecule has 0 radical (unpaired) electrons. The van der Waals surface area contributed by atoms with Crippen molar-refractivity contribution in [3.05, 3.63) is 28.4 Å². The third-order valence-corrected chi connectivity index (χ3v) is 7.55. The van der Waals surface area contributed by atoms with Gasteiger partial charge >= 0.3 is 0 Å². The monoisotopic (exact) mass is 553 g/mol. The first-order valence-electron chi connectivity index (χ1n) is 13.4. The first kappa shape index (κ1) is 27.1. The first-order valence-corrected chi connectivity index (χ1v) is 14.2. The lowest BCUT2D eigenvalue weighted by atomic mass is 10.3. The Bertz CT molecular complexity index is 1250. The van der Waals surface area contributed by atoms with Gasteiger partial charge in [-0.05, 0) is 58.1 Å². The summed E-state index contributed by atoms with van der Waals surface area (Å²) in [6.07, 6.45) is 4.88. The van der Waals surface area contributed by atoms with Crippen LogP contribution < -0.4 is 24.8 Å². The molecule has 3 fully saturated rings. The molecule has 13 heteroatoms. The number of imide groups is 1. The Morgan fingerprint density at radius 1 is 0.923 bits per heavy atom. The molecule has 2 aromatic heterocycles. The molecule has 0 spiro atoms. The lowest BCUT2D eigenvalue weighted by Crippen LogP contribution is -2.32. The van der Waals surface area contributed by atoms with E-state index in [9.17, 15) is 9.59 Å². The van der Waals surface area contributed by atoms with E-state index in [1.54, 1.807) is 12.1 Å². The zero-order chi connectivity index (χ0) is 27.4. The average Bonchev–Trinajstić information content (AvgIpc) is 3.45. The number of ether oxygens (including phenoxy) is 1. The van der Waals surface area contributed by atoms with Gasteiger partial charge in [0.05, 0.1) is 10.6 Å². The number of amides is 2. The smallest absolute Gasteiger partial charge is 0.290 e. The van der Waals surface area contributed by atoms with Crippen molar-refractivity contribution in [1.82, 2.24) is 30.2 Å². The summed E-state index contributed by atoms with van der Waals surface area (Å²) in [4.78, 5) is 51.9. The van der Waals surface area contributed by atoms with Crippen LogP contribution in [-0.2, 0) is 4.79 Å². The second-order valence-corrected chi connectivity index (χ2v) is 11.1. The first-order chi connectivity index (χ1) is 18.8. The van der Waals surface area contributed by atoms with E-state index in [-0.39, 0.29) is 5.24 Å². The van der Waals surface area contributed by atoms with E-state index in [0.29, 0.717) is 35.6 Å². The molecule has 12 nitrogen and oxygen atoms in total. The number of anilines is 3. The van der Waals surface area contributed by atoms with E-state index >= 15 is 0 Å². The number of nitrogens with zero attached hydrogens (tertiary/aromatic N) is 8. The number of thioether (sulfide) groups is 1. The zero-order valence-electron chi connectivity index (χ0n) is 22.7. The molecular weight excluding hydrogens is 518 g/mol. The minimum Gasteiger partial charge on any atom is -0.476 e. The molecule has 2 amide bonds. The van der Waals surface area contributed by atoms with E-state index < -0.39 is 5.91 Å². The van der Waals surface area contributed by atoms with E-state index in [4.69, 9.17) is 19.7 Å². The highest BCUT2D eigenvalue weighted by Crippen LogP contribution is 2.27. The summed E-state index contributed by atoms with van der Waals surface area (Å²) in [5.41, 5.74) is 1.49. The Morgan fingerprint density at radius 2 is 1.62 bits per heavy atom. The summed E-state index contributed by atoms with van der Waals surface area (Å²) in [7, 11) is 3.96. The number of aryl methyl sites for hydroxylation is 1. The number of likely N-dealkylation sites (N-methyl/N-ethyl adjacent to an activating group) is 1. The van der Waals surface area contributed by atoms with Crippen molar-refractivity contribution in [3.8, 4) is 5.88 Å². The lowest BCUT2D eigenvalue weighted by Gasteiger charge is -2.25. The van der Waals surface area contributed by atoms with Crippen molar-refractivity contribution in [2.75, 3.05) is 81.2 Å². The third kappa shape index (κ3) is 6.95. The van der Waals surface area contributed by atoms with Crippen molar-refractivity contribution in [2.45, 2.75) is 26.2 Å². The molecule has 0 unspecified atom stereocenters. The summed E-state index contributed by atoms with van der Waals surface area (Å²) < 4.78 is 5.94. The summed E-state index contributed by atoms with van der Waals surface area (Å²) in [5, 5.41) is 1.90. The Labute approximate surface area is 232 Å². The van der Waals surface area contributed by atoms with Gasteiger partial charge in [-0.2, -0.15) is 9.97 Å². The number of rotatable bonds is 8. The number of nitrogens with one attached hydrogen (secondary N) is 1. The molecule has 0 aliphatic carbocycles. The van der Waals surface area contributed by atoms with Gasteiger partial charge in [0, 0.05) is 63.6 Å². The van der Waals surface area contributed by atoms with Crippen LogP contribution in [0.2, 0.25) is 0 Å². The minimum atomic E-state index is -0.418. The lowest BCUT2D eigenvalue weighted by molar-refractivity contribution is -0.115. The Hall–Kier alpha value is -3.45. The average molecular weight is 554 g/mol. The number of hydrogen-bond acceptors (Lipinski definition) is 12. The quantitative estimate of drug-likeness (QED) is 0.482. The SMILES string of the molecule is Cc1cc(N2CCCN(c3nc(/C=C4\SC(=O)NC4=O)cc(OCCN(C)C)n3)CC2)nc(N2CCCC2)n1. The summed E-state index contributed by atoms with van der Waals surface area (Å²) >= 11 is 0.868. The van der Waals surface area contributed by atoms with Crippen molar-refractivity contribution in [3.63, 3.8) is 0 Å². The fourth-order valence-electron chi connectivity index (χ4n) is 4.71. The second-order valence-electron chi connectivity index (χ2n) is 10.1. The number of carbonyl (C=O) groups excluding carboxylic acids is 2. The fourth-order valence-corrected chi connectivity index (χ4v) is 5.38. The van der Waals surface area contributed by atoms with Crippen LogP contribution in [0, 0.1) is 6.92 Å². The van der Waals surface area contributed by atoms with Crippen molar-refractivity contribution in [1.29, 1.82) is 0 Å². The van der Waals surface area contributed by atoms with Gasteiger partial charge in [-0.15, -0.1) is 0 Å². The van der Waals surface area contributed by atoms with Crippen molar-refractivity contribution < 1.29 is 14.3 Å². The highest BCUT2D eigenvalue weighted by atomic mass is 32.2. The van der Waals surface area contributed by atoms with E-state index in [0.717, 1.165) is 74.9 Å². The zero-order valence-corrected chi connectivity index (χ0v) is 23.5. The van der Waals surface area contributed by atoms with Gasteiger partial charge in [-0.1, -0.05) is 0 Å². The van der Waals surface area contributed by atoms with Crippen LogP contribution >= 0.6 is 11.8 Å². The highest BCUT2D eigenvalue weighted by Gasteiger charge is 2.26. The topological polar surface area (TPSA) is 120 Å². The molecular formula is C26H35N9O3S. The predicted molar refractivity (Wildman–Crippen MR) is 152 cm³/mol. The third-order valence-electron chi connectivity index (χ3n) is 6.74. The molecule has 1 N–H and O–H groups in total. The van der Waals surface area contributed by atoms with E-state index in [2.05, 4.69) is 31.1 Å². The van der Waals surface area contributed by atoms with Crippen molar-refractivity contribution in [2.24, 2.45) is 0 Å². The maximum absolute atomic E-state index is 12.1. The number of hydrogen-bond donors (Lipinski definition) is 1. The maximum atomic E-state index is 12.1. The van der Waals surface area contributed by atoms with Crippen LogP contribution in [0.15, 0.2) is 17.0 Å². The Kier molecular flexibility index (Phi) is 8.46. The number of carbonyl (C=O) groups is 2. The van der Waals surface area contributed by atoms with Gasteiger partial charge < -0.3 is 24.3 Å². The molecule has 5 rings (SSSR count). The van der Waals surface area contributed by atoms with Gasteiger partial charge in [-0.3, -0.25) is 14.9 Å². The van der Waals surface area contributed by atoms with Crippen LogP contribution in [-0.4, -0.2) is 102 Å². The van der Waals surface area contributed by atoms with E-state index in [1.807, 2.05) is 25.9 Å². The number of aromatic nitrogens is 4. The second kappa shape index (κ2) is 12.2. The molecule has 3 aliphatic heterocycles. The molecule has 2 aromatic rings.